The average Bonchev–Trinajstić information content (AvgIpc) is 2.45. The maximum Gasteiger partial charge on any atom is 0.419 e. The van der Waals surface area contributed by atoms with E-state index in [1.807, 2.05) is 0 Å². The Morgan fingerprint density at radius 3 is 1.87 bits per heavy atom. The van der Waals surface area contributed by atoms with Crippen LogP contribution in [-0.4, -0.2) is 19.0 Å². The van der Waals surface area contributed by atoms with Crippen LogP contribution in [0, 0.1) is 6.20 Å². The number of hydrogen-bond acceptors (Lipinski definition) is 0. The molecule has 1 rings (SSSR count). The largest absolute Gasteiger partial charge is 0.419 e. The fourth-order valence-corrected chi connectivity index (χ4v) is 0.968. The molecule has 0 amide bonds. The summed E-state index contributed by atoms with van der Waals surface area (Å²) in [7, 11) is 0. The molecule has 0 aromatic carbocycles. The van der Waals surface area contributed by atoms with Gasteiger partial charge in [0.25, 0.3) is 12.9 Å². The van der Waals surface area contributed by atoms with Crippen LogP contribution < -0.4 is 5.32 Å². The summed E-state index contributed by atoms with van der Waals surface area (Å²) >= 11 is 0. The zero-order valence-corrected chi connectivity index (χ0v) is 6.75. The highest BCUT2D eigenvalue weighted by atomic mass is 19.4. The molecule has 0 atom stereocenters. The van der Waals surface area contributed by atoms with Crippen molar-refractivity contribution < 1.29 is 30.7 Å². The van der Waals surface area contributed by atoms with Gasteiger partial charge in [0, 0.05) is 0 Å². The molecule has 0 saturated carbocycles. The lowest BCUT2D eigenvalue weighted by molar-refractivity contribution is -0.0917. The number of nitrogens with zero attached hydrogens (tertiary/aromatic N) is 1. The molecular formula is C7H2F7N. The Morgan fingerprint density at radius 1 is 1.00 bits per heavy atom. The van der Waals surface area contributed by atoms with Gasteiger partial charge in [0.15, 0.2) is 0 Å². The summed E-state index contributed by atoms with van der Waals surface area (Å²) in [6, 6.07) is 0. The third kappa shape index (κ3) is 2.24. The Balaban J connectivity index is 3.14. The van der Waals surface area contributed by atoms with Crippen LogP contribution in [0.3, 0.4) is 0 Å². The van der Waals surface area contributed by atoms with E-state index in [0.29, 0.717) is 0 Å². The van der Waals surface area contributed by atoms with E-state index in [-0.39, 0.29) is 0 Å². The highest BCUT2D eigenvalue weighted by molar-refractivity contribution is 5.43. The molecule has 0 aromatic rings. The molecule has 0 fully saturated rings. The zero-order chi connectivity index (χ0) is 11.8. The van der Waals surface area contributed by atoms with Crippen molar-refractivity contribution in [1.29, 1.82) is 0 Å². The molecule has 2 radical (unpaired) electrons. The van der Waals surface area contributed by atoms with Crippen LogP contribution in [0.4, 0.5) is 30.7 Å². The molecule has 0 bridgehead atoms. The van der Waals surface area contributed by atoms with Crippen molar-refractivity contribution in [3.8, 4) is 0 Å². The minimum Gasteiger partial charge on any atom is -0.244 e. The summed E-state index contributed by atoms with van der Waals surface area (Å²) in [6.45, 7) is 0. The van der Waals surface area contributed by atoms with Gasteiger partial charge in [-0.15, -0.1) is 0 Å². The highest BCUT2D eigenvalue weighted by Crippen LogP contribution is 2.39. The molecule has 1 aliphatic rings. The van der Waals surface area contributed by atoms with Gasteiger partial charge in [0.1, 0.15) is 11.9 Å². The van der Waals surface area contributed by atoms with E-state index >= 15 is 0 Å². The standard InChI is InChI=1S/C7H2F7N/c8-5(9)3-2(7(12,13)14)1-15-4(3)6(10)11/h5-6H. The zero-order valence-electron chi connectivity index (χ0n) is 6.75. The van der Waals surface area contributed by atoms with Crippen LogP contribution in [0.5, 0.6) is 0 Å². The van der Waals surface area contributed by atoms with Gasteiger partial charge in [0.2, 0.25) is 0 Å². The third-order valence-electron chi connectivity index (χ3n) is 1.54. The van der Waals surface area contributed by atoms with Crippen LogP contribution >= 0.6 is 0 Å². The summed E-state index contributed by atoms with van der Waals surface area (Å²) in [5.74, 6) is 0. The van der Waals surface area contributed by atoms with E-state index in [4.69, 9.17) is 0 Å². The molecule has 0 aromatic heterocycles. The Hall–Kier alpha value is -1.21. The number of halogens is 7. The van der Waals surface area contributed by atoms with Crippen LogP contribution in [0.15, 0.2) is 16.8 Å². The minimum absolute atomic E-state index is 1.14. The average molecular weight is 233 g/mol. The Labute approximate surface area is 79.3 Å². The second-order valence-electron chi connectivity index (χ2n) is 2.50. The predicted molar refractivity (Wildman–Crippen MR) is 34.0 cm³/mol. The molecule has 0 unspecified atom stereocenters. The SMILES string of the molecule is FC(F)C1=C(C(F)F)C(C(F)(F)F)=[C][N]1. The molecule has 84 valence electrons. The number of rotatable bonds is 2. The summed E-state index contributed by atoms with van der Waals surface area (Å²) in [5, 5.41) is 2.53. The van der Waals surface area contributed by atoms with Gasteiger partial charge in [-0.2, -0.15) is 13.2 Å². The summed E-state index contributed by atoms with van der Waals surface area (Å²) in [4.78, 5) is 0. The molecule has 0 aliphatic carbocycles. The van der Waals surface area contributed by atoms with Gasteiger partial charge in [-0.05, 0) is 0 Å². The Morgan fingerprint density at radius 2 is 1.53 bits per heavy atom. The minimum atomic E-state index is -5.16. The second-order valence-corrected chi connectivity index (χ2v) is 2.50. The molecule has 1 nitrogen and oxygen atoms in total. The third-order valence-corrected chi connectivity index (χ3v) is 1.54. The normalized spacial score (nSPS) is 17.5. The molecular weight excluding hydrogens is 231 g/mol. The van der Waals surface area contributed by atoms with Crippen LogP contribution in [0.1, 0.15) is 0 Å². The first-order valence-corrected chi connectivity index (χ1v) is 3.46. The topological polar surface area (TPSA) is 14.1 Å². The second kappa shape index (κ2) is 3.74. The smallest absolute Gasteiger partial charge is 0.244 e. The van der Waals surface area contributed by atoms with Crippen molar-refractivity contribution in [3.05, 3.63) is 23.0 Å². The summed E-state index contributed by atoms with van der Waals surface area (Å²) < 4.78 is 84.4. The van der Waals surface area contributed by atoms with Crippen molar-refractivity contribution in [2.75, 3.05) is 0 Å². The quantitative estimate of drug-likeness (QED) is 0.651. The first-order chi connectivity index (χ1) is 6.75. The Bertz CT molecular complexity index is 312. The molecule has 0 spiro atoms. The van der Waals surface area contributed by atoms with Crippen molar-refractivity contribution in [1.82, 2.24) is 5.32 Å². The number of alkyl halides is 7. The van der Waals surface area contributed by atoms with Crippen LogP contribution in [-0.2, 0) is 0 Å². The van der Waals surface area contributed by atoms with E-state index in [1.165, 1.54) is 0 Å². The van der Waals surface area contributed by atoms with E-state index < -0.39 is 35.9 Å². The number of hydrogen-bond donors (Lipinski definition) is 0. The van der Waals surface area contributed by atoms with Crippen LogP contribution in [0.2, 0.25) is 0 Å². The van der Waals surface area contributed by atoms with Crippen molar-refractivity contribution in [2.24, 2.45) is 0 Å². The van der Waals surface area contributed by atoms with Gasteiger partial charge in [-0.25, -0.2) is 22.9 Å². The van der Waals surface area contributed by atoms with Crippen molar-refractivity contribution >= 4 is 0 Å². The van der Waals surface area contributed by atoms with Gasteiger partial charge >= 0.3 is 6.18 Å². The van der Waals surface area contributed by atoms with Crippen molar-refractivity contribution in [3.63, 3.8) is 0 Å². The van der Waals surface area contributed by atoms with E-state index in [2.05, 4.69) is 5.32 Å². The molecule has 15 heavy (non-hydrogen) atoms. The van der Waals surface area contributed by atoms with Gasteiger partial charge in [0.05, 0.1) is 11.1 Å². The summed E-state index contributed by atoms with van der Waals surface area (Å²) in [5.41, 5.74) is -5.30. The molecule has 1 heterocycles. The van der Waals surface area contributed by atoms with Crippen LogP contribution in [0.25, 0.3) is 0 Å². The van der Waals surface area contributed by atoms with E-state index in [1.54, 1.807) is 0 Å². The maximum absolute atomic E-state index is 12.1. The van der Waals surface area contributed by atoms with Gasteiger partial charge < -0.3 is 0 Å². The molecule has 0 saturated heterocycles. The predicted octanol–water partition coefficient (Wildman–Crippen LogP) is 2.64. The lowest BCUT2D eigenvalue weighted by Gasteiger charge is -2.11. The highest BCUT2D eigenvalue weighted by Gasteiger charge is 2.45. The van der Waals surface area contributed by atoms with E-state index in [9.17, 15) is 30.7 Å². The molecule has 0 N–H and O–H groups in total. The first kappa shape index (κ1) is 11.9. The van der Waals surface area contributed by atoms with Crippen molar-refractivity contribution in [2.45, 2.75) is 19.0 Å². The van der Waals surface area contributed by atoms with E-state index in [0.717, 1.165) is 6.20 Å². The monoisotopic (exact) mass is 233 g/mol. The van der Waals surface area contributed by atoms with Gasteiger partial charge in [-0.1, -0.05) is 0 Å². The number of allylic oxidation sites excluding steroid dienone is 3. The van der Waals surface area contributed by atoms with Gasteiger partial charge in [-0.3, -0.25) is 0 Å². The lowest BCUT2D eigenvalue weighted by atomic mass is 10.1. The molecule has 1 aliphatic heterocycles. The fraction of sp³-hybridized carbons (Fsp3) is 0.429. The first-order valence-electron chi connectivity index (χ1n) is 3.46. The fourth-order valence-electron chi connectivity index (χ4n) is 0.968. The summed E-state index contributed by atoms with van der Waals surface area (Å²) in [6.07, 6.45) is -11.2. The molecule has 8 heteroatoms. The Kier molecular flexibility index (Phi) is 2.96. The maximum atomic E-state index is 12.1. The lowest BCUT2D eigenvalue weighted by Crippen LogP contribution is -2.17.